The van der Waals surface area contributed by atoms with Gasteiger partial charge in [-0.05, 0) is 106 Å². The van der Waals surface area contributed by atoms with E-state index in [4.69, 9.17) is 4.74 Å². The second kappa shape index (κ2) is 15.7. The normalized spacial score (nSPS) is 21.6. The summed E-state index contributed by atoms with van der Waals surface area (Å²) < 4.78 is 78.8. The third-order valence-corrected chi connectivity index (χ3v) is 14.0. The molecular formula is C40H47F3N8O6S. The molecule has 1 amide bonds. The van der Waals surface area contributed by atoms with E-state index in [-0.39, 0.29) is 29.5 Å². The molecule has 58 heavy (non-hydrogen) atoms. The van der Waals surface area contributed by atoms with Crippen LogP contribution in [0.3, 0.4) is 0 Å². The highest BCUT2D eigenvalue weighted by atomic mass is 32.2. The minimum absolute atomic E-state index is 0.0554. The minimum atomic E-state index is -5.40. The number of benzene rings is 1. The van der Waals surface area contributed by atoms with Gasteiger partial charge in [0.2, 0.25) is 5.82 Å². The molecule has 3 N–H and O–H groups in total. The van der Waals surface area contributed by atoms with Crippen LogP contribution < -0.4 is 19.7 Å². The summed E-state index contributed by atoms with van der Waals surface area (Å²) in [6, 6.07) is 9.00. The number of pyridine rings is 2. The lowest BCUT2D eigenvalue weighted by Gasteiger charge is -2.55. The number of aromatic nitrogens is 3. The van der Waals surface area contributed by atoms with Gasteiger partial charge >= 0.3 is 11.9 Å². The van der Waals surface area contributed by atoms with Gasteiger partial charge in [-0.1, -0.05) is 19.8 Å². The molecule has 4 fully saturated rings. The van der Waals surface area contributed by atoms with Gasteiger partial charge in [0.05, 0.1) is 16.7 Å². The van der Waals surface area contributed by atoms with E-state index in [2.05, 4.69) is 37.0 Å². The van der Waals surface area contributed by atoms with Gasteiger partial charge in [0.15, 0.2) is 5.69 Å². The lowest BCUT2D eigenvalue weighted by molar-refractivity contribution is -0.384. The Kier molecular flexibility index (Phi) is 10.8. The average Bonchev–Trinajstić information content (AvgIpc) is 3.89. The van der Waals surface area contributed by atoms with E-state index in [9.17, 15) is 36.5 Å². The van der Waals surface area contributed by atoms with Gasteiger partial charge in [0, 0.05) is 55.1 Å². The van der Waals surface area contributed by atoms with Crippen LogP contribution in [0.4, 0.5) is 30.4 Å². The van der Waals surface area contributed by atoms with Crippen molar-refractivity contribution in [1.29, 1.82) is 0 Å². The van der Waals surface area contributed by atoms with Crippen LogP contribution in [0.25, 0.3) is 11.0 Å². The summed E-state index contributed by atoms with van der Waals surface area (Å²) in [5, 5.41) is 15.5. The van der Waals surface area contributed by atoms with Crippen LogP contribution in [0.1, 0.15) is 87.2 Å². The Morgan fingerprint density at radius 1 is 1.05 bits per heavy atom. The van der Waals surface area contributed by atoms with Crippen LogP contribution in [0.2, 0.25) is 0 Å². The number of nitrogens with one attached hydrogen (secondary N) is 3. The van der Waals surface area contributed by atoms with Crippen LogP contribution in [0, 0.1) is 27.4 Å². The van der Waals surface area contributed by atoms with Crippen molar-refractivity contribution in [2.24, 2.45) is 17.3 Å². The zero-order valence-electron chi connectivity index (χ0n) is 32.2. The fourth-order valence-corrected chi connectivity index (χ4v) is 10.3. The Labute approximate surface area is 334 Å². The number of piperidine rings is 1. The molecule has 4 aromatic rings. The van der Waals surface area contributed by atoms with E-state index in [0.717, 1.165) is 57.3 Å². The summed E-state index contributed by atoms with van der Waals surface area (Å²) in [7, 11) is -5.40. The van der Waals surface area contributed by atoms with Gasteiger partial charge in [-0.3, -0.25) is 14.9 Å². The molecule has 0 atom stereocenters. The Morgan fingerprint density at radius 2 is 1.78 bits per heavy atom. The number of nitrogens with zero attached hydrogens (tertiary/aromatic N) is 5. The van der Waals surface area contributed by atoms with Crippen molar-refractivity contribution in [2.45, 2.75) is 88.2 Å². The van der Waals surface area contributed by atoms with Crippen molar-refractivity contribution in [1.82, 2.24) is 24.6 Å². The molecule has 0 unspecified atom stereocenters. The van der Waals surface area contributed by atoms with E-state index in [1.165, 1.54) is 51.0 Å². The molecule has 5 heterocycles. The van der Waals surface area contributed by atoms with Gasteiger partial charge < -0.3 is 24.8 Å². The van der Waals surface area contributed by atoms with E-state index in [1.807, 2.05) is 0 Å². The van der Waals surface area contributed by atoms with Gasteiger partial charge in [-0.25, -0.2) is 23.1 Å². The molecule has 2 saturated carbocycles. The number of hydrogen-bond donors (Lipinski definition) is 3. The highest BCUT2D eigenvalue weighted by Gasteiger charge is 2.48. The van der Waals surface area contributed by atoms with Crippen molar-refractivity contribution in [2.75, 3.05) is 42.9 Å². The van der Waals surface area contributed by atoms with Gasteiger partial charge in [-0.15, -0.1) is 0 Å². The largest absolute Gasteiger partial charge is 0.455 e. The Morgan fingerprint density at radius 3 is 2.47 bits per heavy atom. The predicted octanol–water partition coefficient (Wildman–Crippen LogP) is 7.88. The Bertz CT molecular complexity index is 2290. The second-order valence-electron chi connectivity index (χ2n) is 16.6. The number of rotatable bonds is 11. The number of nitro groups is 1. The molecule has 0 bridgehead atoms. The lowest BCUT2D eigenvalue weighted by Crippen LogP contribution is -2.54. The summed E-state index contributed by atoms with van der Waals surface area (Å²) in [5.74, 6) is -1.27. The number of fused-ring (bicyclic) bond motifs is 1. The average molecular weight is 825 g/mol. The first-order valence-corrected chi connectivity index (χ1v) is 21.5. The number of alkyl halides is 3. The highest BCUT2D eigenvalue weighted by Crippen LogP contribution is 2.52. The topological polar surface area (TPSA) is 176 Å². The number of H-pyrrole nitrogens is 1. The van der Waals surface area contributed by atoms with Crippen LogP contribution in [-0.2, 0) is 16.2 Å². The molecule has 0 radical (unpaired) electrons. The zero-order valence-corrected chi connectivity index (χ0v) is 33.0. The second-order valence-corrected chi connectivity index (χ2v) is 18.2. The maximum absolute atomic E-state index is 14.5. The van der Waals surface area contributed by atoms with Crippen LogP contribution in [-0.4, -0.2) is 77.9 Å². The summed E-state index contributed by atoms with van der Waals surface area (Å²) in [4.78, 5) is 39.0. The highest BCUT2D eigenvalue weighted by molar-refractivity contribution is 7.90. The molecule has 1 spiro atoms. The number of carbonyl (C=O) groups is 1. The van der Waals surface area contributed by atoms with E-state index in [1.54, 1.807) is 35.2 Å². The SMILES string of the molecule is CC1CCC(CNc2nc(C(F)(F)F)c(S(=O)(=O)NC(=O)c3ccc(N4CCC5(CC4)CC(N4CCCC4)C5)cc3Oc3cnc4[nH]ccc4c3)cc2[N+](=O)[O-])CC1. The molecule has 2 aliphatic carbocycles. The first-order valence-electron chi connectivity index (χ1n) is 20.0. The van der Waals surface area contributed by atoms with Crippen LogP contribution >= 0.6 is 0 Å². The van der Waals surface area contributed by atoms with Gasteiger partial charge in [0.1, 0.15) is 22.0 Å². The molecule has 14 nitrogen and oxygen atoms in total. The van der Waals surface area contributed by atoms with Crippen LogP contribution in [0.15, 0.2) is 53.7 Å². The fraction of sp³-hybridized carbons (Fsp3) is 0.525. The standard InChI is InChI=1S/C40H47F3N8O6S/c1-25-4-6-26(7-5-25)23-45-37-32(51(53)54)20-34(35(47-37)40(41,42)43)58(55,56)48-38(52)31-9-8-28(19-33(31)57-30-18-27-10-13-44-36(27)46-24-30)50-16-11-39(12-17-50)21-29(22-39)49-14-2-3-15-49/h8-10,13,18-20,24-26,29H,2-7,11-12,14-17,21-23H2,1H3,(H,44,46)(H,45,47)(H,48,52). The summed E-state index contributed by atoms with van der Waals surface area (Å²) in [5.41, 5.74) is -1.54. The summed E-state index contributed by atoms with van der Waals surface area (Å²) in [6.07, 6.45) is 8.06. The molecule has 18 heteroatoms. The fourth-order valence-electron chi connectivity index (χ4n) is 9.20. The Hall–Kier alpha value is -4.97. The molecule has 310 valence electrons. The van der Waals surface area contributed by atoms with Crippen LogP contribution in [0.5, 0.6) is 11.5 Å². The third kappa shape index (κ3) is 8.30. The van der Waals surface area contributed by atoms with Gasteiger partial charge in [-0.2, -0.15) is 13.2 Å². The number of amides is 1. The van der Waals surface area contributed by atoms with Crippen molar-refractivity contribution in [3.63, 3.8) is 0 Å². The van der Waals surface area contributed by atoms with E-state index in [0.29, 0.717) is 34.5 Å². The monoisotopic (exact) mass is 824 g/mol. The number of likely N-dealkylation sites (tertiary alicyclic amines) is 1. The molecule has 2 saturated heterocycles. The Balaban J connectivity index is 1.05. The predicted molar refractivity (Wildman–Crippen MR) is 210 cm³/mol. The molecule has 3 aromatic heterocycles. The maximum atomic E-state index is 14.5. The number of anilines is 2. The first kappa shape index (κ1) is 39.8. The van der Waals surface area contributed by atoms with Crippen molar-refractivity contribution >= 4 is 44.2 Å². The number of hydrogen-bond acceptors (Lipinski definition) is 11. The summed E-state index contributed by atoms with van der Waals surface area (Å²) in [6.45, 7) is 6.11. The number of sulfonamides is 1. The molecule has 1 aromatic carbocycles. The lowest BCUT2D eigenvalue weighted by atomic mass is 9.60. The zero-order chi connectivity index (χ0) is 40.8. The van der Waals surface area contributed by atoms with E-state index >= 15 is 0 Å². The smallest absolute Gasteiger partial charge is 0.434 e. The van der Waals surface area contributed by atoms with E-state index < -0.39 is 49.1 Å². The van der Waals surface area contributed by atoms with Crippen molar-refractivity contribution < 1.29 is 36.0 Å². The molecule has 4 aliphatic rings. The summed E-state index contributed by atoms with van der Waals surface area (Å²) >= 11 is 0. The molecule has 8 rings (SSSR count). The first-order chi connectivity index (χ1) is 27.7. The van der Waals surface area contributed by atoms with Gasteiger partial charge in [0.25, 0.3) is 15.9 Å². The number of aromatic amines is 1. The molecule has 2 aliphatic heterocycles. The number of carbonyl (C=O) groups excluding carboxylic acids is 1. The maximum Gasteiger partial charge on any atom is 0.434 e. The minimum Gasteiger partial charge on any atom is -0.455 e. The third-order valence-electron chi connectivity index (χ3n) is 12.6. The number of ether oxygens (including phenoxy) is 1. The van der Waals surface area contributed by atoms with Crippen molar-refractivity contribution in [3.05, 3.63) is 70.2 Å². The quantitative estimate of drug-likeness (QED) is 0.0991. The van der Waals surface area contributed by atoms with Crippen molar-refractivity contribution in [3.8, 4) is 11.5 Å². The molecular weight excluding hydrogens is 778 g/mol. The number of halogens is 3.